The molecule has 0 aliphatic carbocycles. The van der Waals surface area contributed by atoms with Crippen molar-refractivity contribution in [1.29, 1.82) is 0 Å². The van der Waals surface area contributed by atoms with Crippen molar-refractivity contribution < 1.29 is 9.53 Å². The smallest absolute Gasteiger partial charge is 0.313 e. The molecular formula is C9H9NO2. The molecule has 0 amide bonds. The van der Waals surface area contributed by atoms with E-state index in [1.807, 2.05) is 12.1 Å². The number of rotatable bonds is 1. The number of aromatic nitrogens is 1. The first kappa shape index (κ1) is 7.28. The van der Waals surface area contributed by atoms with Crippen molar-refractivity contribution >= 4 is 5.97 Å². The fourth-order valence-electron chi connectivity index (χ4n) is 1.38. The summed E-state index contributed by atoms with van der Waals surface area (Å²) in [7, 11) is 0. The molecule has 62 valence electrons. The minimum atomic E-state index is -0.122. The van der Waals surface area contributed by atoms with Crippen LogP contribution in [0.2, 0.25) is 0 Å². The molecule has 0 spiro atoms. The first-order valence-electron chi connectivity index (χ1n) is 3.94. The Hall–Kier alpha value is -1.38. The van der Waals surface area contributed by atoms with Crippen molar-refractivity contribution in [1.82, 2.24) is 4.98 Å². The lowest BCUT2D eigenvalue weighted by Gasteiger charge is -2.02. The largest absolute Gasteiger partial charge is 0.465 e. The molecule has 1 saturated heterocycles. The van der Waals surface area contributed by atoms with Crippen molar-refractivity contribution in [3.8, 4) is 0 Å². The van der Waals surface area contributed by atoms with Crippen LogP contribution in [-0.2, 0) is 9.53 Å². The molecule has 1 aliphatic rings. The van der Waals surface area contributed by atoms with Crippen molar-refractivity contribution in [2.24, 2.45) is 0 Å². The molecule has 1 atom stereocenters. The average molecular weight is 163 g/mol. The first-order valence-corrected chi connectivity index (χ1v) is 3.94. The Morgan fingerprint density at radius 3 is 3.08 bits per heavy atom. The van der Waals surface area contributed by atoms with Gasteiger partial charge in [-0.15, -0.1) is 0 Å². The van der Waals surface area contributed by atoms with Gasteiger partial charge in [-0.2, -0.15) is 0 Å². The van der Waals surface area contributed by atoms with Crippen LogP contribution in [0.5, 0.6) is 0 Å². The van der Waals surface area contributed by atoms with Crippen molar-refractivity contribution in [2.75, 3.05) is 6.61 Å². The zero-order valence-corrected chi connectivity index (χ0v) is 6.56. The van der Waals surface area contributed by atoms with E-state index in [0.717, 1.165) is 12.0 Å². The third-order valence-corrected chi connectivity index (χ3v) is 2.02. The molecule has 2 heterocycles. The number of nitrogens with zero attached hydrogens (tertiary/aromatic N) is 1. The summed E-state index contributed by atoms with van der Waals surface area (Å²) in [5.41, 5.74) is 0.958. The van der Waals surface area contributed by atoms with Gasteiger partial charge in [0.2, 0.25) is 0 Å². The maximum absolute atomic E-state index is 11.1. The fraction of sp³-hybridized carbons (Fsp3) is 0.333. The van der Waals surface area contributed by atoms with Crippen LogP contribution in [-0.4, -0.2) is 17.6 Å². The van der Waals surface area contributed by atoms with Crippen LogP contribution >= 0.6 is 0 Å². The molecule has 1 aromatic heterocycles. The highest BCUT2D eigenvalue weighted by Gasteiger charge is 2.27. The molecule has 0 saturated carbocycles. The summed E-state index contributed by atoms with van der Waals surface area (Å²) < 4.78 is 4.85. The summed E-state index contributed by atoms with van der Waals surface area (Å²) >= 11 is 0. The van der Waals surface area contributed by atoms with Gasteiger partial charge >= 0.3 is 5.97 Å². The van der Waals surface area contributed by atoms with E-state index >= 15 is 0 Å². The van der Waals surface area contributed by atoms with Gasteiger partial charge in [-0.1, -0.05) is 6.07 Å². The molecular weight excluding hydrogens is 154 g/mol. The van der Waals surface area contributed by atoms with E-state index in [-0.39, 0.29) is 11.9 Å². The lowest BCUT2D eigenvalue weighted by Crippen LogP contribution is -2.05. The molecule has 1 aliphatic heterocycles. The predicted octanol–water partition coefficient (Wildman–Crippen LogP) is 1.11. The SMILES string of the molecule is O=C1OCC[C@H]1c1cccnc1. The number of carbonyl (C=O) groups excluding carboxylic acids is 1. The minimum Gasteiger partial charge on any atom is -0.465 e. The Bertz CT molecular complexity index is 284. The van der Waals surface area contributed by atoms with E-state index in [1.54, 1.807) is 12.4 Å². The first-order chi connectivity index (χ1) is 5.88. The Kier molecular flexibility index (Phi) is 1.78. The molecule has 3 heteroatoms. The zero-order chi connectivity index (χ0) is 8.39. The quantitative estimate of drug-likeness (QED) is 0.582. The highest BCUT2D eigenvalue weighted by atomic mass is 16.5. The van der Waals surface area contributed by atoms with Gasteiger partial charge < -0.3 is 4.74 Å². The number of hydrogen-bond donors (Lipinski definition) is 0. The van der Waals surface area contributed by atoms with Gasteiger partial charge in [0.1, 0.15) is 0 Å². The van der Waals surface area contributed by atoms with Gasteiger partial charge in [-0.25, -0.2) is 0 Å². The van der Waals surface area contributed by atoms with Gasteiger partial charge in [0, 0.05) is 12.4 Å². The average Bonchev–Trinajstić information content (AvgIpc) is 2.53. The fourth-order valence-corrected chi connectivity index (χ4v) is 1.38. The maximum atomic E-state index is 11.1. The van der Waals surface area contributed by atoms with Crippen molar-refractivity contribution in [3.05, 3.63) is 30.1 Å². The summed E-state index contributed by atoms with van der Waals surface area (Å²) in [6.45, 7) is 0.540. The molecule has 1 fully saturated rings. The molecule has 1 aromatic rings. The topological polar surface area (TPSA) is 39.2 Å². The second-order valence-electron chi connectivity index (χ2n) is 2.80. The van der Waals surface area contributed by atoms with Crippen molar-refractivity contribution in [2.45, 2.75) is 12.3 Å². The number of hydrogen-bond acceptors (Lipinski definition) is 3. The number of ether oxygens (including phenoxy) is 1. The zero-order valence-electron chi connectivity index (χ0n) is 6.56. The normalized spacial score (nSPS) is 22.3. The van der Waals surface area contributed by atoms with E-state index in [0.29, 0.717) is 6.61 Å². The van der Waals surface area contributed by atoms with Crippen LogP contribution in [0.4, 0.5) is 0 Å². The standard InChI is InChI=1S/C9H9NO2/c11-9-8(3-5-12-9)7-2-1-4-10-6-7/h1-2,4,6,8H,3,5H2/t8-/m0/s1. The molecule has 12 heavy (non-hydrogen) atoms. The monoisotopic (exact) mass is 163 g/mol. The minimum absolute atomic E-state index is 0.0845. The van der Waals surface area contributed by atoms with Crippen LogP contribution in [0.3, 0.4) is 0 Å². The molecule has 3 nitrogen and oxygen atoms in total. The predicted molar refractivity (Wildman–Crippen MR) is 42.6 cm³/mol. The number of cyclic esters (lactones) is 1. The summed E-state index contributed by atoms with van der Waals surface area (Å²) in [6, 6.07) is 3.74. The summed E-state index contributed by atoms with van der Waals surface area (Å²) in [5.74, 6) is -0.207. The number of carbonyl (C=O) groups is 1. The second-order valence-corrected chi connectivity index (χ2v) is 2.80. The lowest BCUT2D eigenvalue weighted by atomic mass is 10.0. The molecule has 0 bridgehead atoms. The summed E-state index contributed by atoms with van der Waals surface area (Å²) in [4.78, 5) is 15.1. The van der Waals surface area contributed by atoms with E-state index < -0.39 is 0 Å². The van der Waals surface area contributed by atoms with Crippen LogP contribution in [0, 0.1) is 0 Å². The van der Waals surface area contributed by atoms with E-state index in [2.05, 4.69) is 4.98 Å². The third-order valence-electron chi connectivity index (χ3n) is 2.02. The molecule has 0 unspecified atom stereocenters. The Balaban J connectivity index is 2.25. The van der Waals surface area contributed by atoms with Gasteiger partial charge in [-0.05, 0) is 18.1 Å². The second kappa shape index (κ2) is 2.93. The molecule has 0 radical (unpaired) electrons. The van der Waals surface area contributed by atoms with Crippen LogP contribution < -0.4 is 0 Å². The van der Waals surface area contributed by atoms with E-state index in [4.69, 9.17) is 4.74 Å². The lowest BCUT2D eigenvalue weighted by molar-refractivity contribution is -0.139. The maximum Gasteiger partial charge on any atom is 0.313 e. The van der Waals surface area contributed by atoms with E-state index in [1.165, 1.54) is 0 Å². The van der Waals surface area contributed by atoms with Gasteiger partial charge in [-0.3, -0.25) is 9.78 Å². The van der Waals surface area contributed by atoms with Gasteiger partial charge in [0.05, 0.1) is 12.5 Å². The van der Waals surface area contributed by atoms with Gasteiger partial charge in [0.15, 0.2) is 0 Å². The van der Waals surface area contributed by atoms with Crippen LogP contribution in [0.25, 0.3) is 0 Å². The molecule has 0 N–H and O–H groups in total. The summed E-state index contributed by atoms with van der Waals surface area (Å²) in [5, 5.41) is 0. The number of pyridine rings is 1. The van der Waals surface area contributed by atoms with Crippen LogP contribution in [0.1, 0.15) is 17.9 Å². The summed E-state index contributed by atoms with van der Waals surface area (Å²) in [6.07, 6.45) is 4.20. The third kappa shape index (κ3) is 1.18. The van der Waals surface area contributed by atoms with Crippen LogP contribution in [0.15, 0.2) is 24.5 Å². The Morgan fingerprint density at radius 1 is 1.58 bits per heavy atom. The number of esters is 1. The molecule has 2 rings (SSSR count). The highest BCUT2D eigenvalue weighted by molar-refractivity contribution is 5.79. The Morgan fingerprint density at radius 2 is 2.50 bits per heavy atom. The van der Waals surface area contributed by atoms with Gasteiger partial charge in [0.25, 0.3) is 0 Å². The Labute approximate surface area is 70.4 Å². The van der Waals surface area contributed by atoms with Crippen molar-refractivity contribution in [3.63, 3.8) is 0 Å². The molecule has 0 aromatic carbocycles. The highest BCUT2D eigenvalue weighted by Crippen LogP contribution is 2.25. The van der Waals surface area contributed by atoms with E-state index in [9.17, 15) is 4.79 Å².